The van der Waals surface area contributed by atoms with Gasteiger partial charge in [0, 0.05) is 17.1 Å². The average molecular weight is 244 g/mol. The highest BCUT2D eigenvalue weighted by molar-refractivity contribution is 5.92. The van der Waals surface area contributed by atoms with Crippen molar-refractivity contribution in [3.8, 4) is 11.3 Å². The smallest absolute Gasteiger partial charge is 0.339 e. The fraction of sp³-hybridized carbons (Fsp3) is 0.214. The molecule has 1 heterocycles. The van der Waals surface area contributed by atoms with E-state index < -0.39 is 0 Å². The van der Waals surface area contributed by atoms with Gasteiger partial charge in [-0.2, -0.15) is 0 Å². The quantitative estimate of drug-likeness (QED) is 0.630. The third-order valence-corrected chi connectivity index (χ3v) is 3.00. The second kappa shape index (κ2) is 4.56. The highest BCUT2D eigenvalue weighted by atomic mass is 16.5. The number of rotatable bonds is 2. The highest BCUT2D eigenvalue weighted by Gasteiger charge is 2.13. The van der Waals surface area contributed by atoms with Crippen molar-refractivity contribution in [1.82, 2.24) is 4.98 Å². The molecule has 0 saturated heterocycles. The van der Waals surface area contributed by atoms with Gasteiger partial charge in [-0.3, -0.25) is 0 Å². The zero-order valence-corrected chi connectivity index (χ0v) is 10.7. The number of anilines is 1. The first kappa shape index (κ1) is 12.2. The number of esters is 1. The van der Waals surface area contributed by atoms with Gasteiger partial charge in [0.25, 0.3) is 0 Å². The lowest BCUT2D eigenvalue weighted by Gasteiger charge is -2.03. The fourth-order valence-electron chi connectivity index (χ4n) is 1.88. The van der Waals surface area contributed by atoms with Crippen LogP contribution in [0.4, 0.5) is 5.69 Å². The Hall–Kier alpha value is -2.23. The van der Waals surface area contributed by atoms with E-state index in [-0.39, 0.29) is 5.97 Å². The maximum atomic E-state index is 11.5. The number of aromatic amines is 1. The van der Waals surface area contributed by atoms with E-state index in [0.717, 1.165) is 28.2 Å². The zero-order valence-electron chi connectivity index (χ0n) is 10.7. The molecule has 2 rings (SSSR count). The molecule has 0 radical (unpaired) electrons. The van der Waals surface area contributed by atoms with Crippen LogP contribution >= 0.6 is 0 Å². The largest absolute Gasteiger partial charge is 0.465 e. The van der Waals surface area contributed by atoms with E-state index in [0.29, 0.717) is 5.56 Å². The summed E-state index contributed by atoms with van der Waals surface area (Å²) in [5, 5.41) is 0. The van der Waals surface area contributed by atoms with E-state index >= 15 is 0 Å². The van der Waals surface area contributed by atoms with E-state index in [1.165, 1.54) is 7.11 Å². The van der Waals surface area contributed by atoms with Gasteiger partial charge in [-0.15, -0.1) is 0 Å². The number of nitrogens with one attached hydrogen (secondary N) is 1. The highest BCUT2D eigenvalue weighted by Crippen LogP contribution is 2.25. The summed E-state index contributed by atoms with van der Waals surface area (Å²) in [5.41, 5.74) is 10.8. The van der Waals surface area contributed by atoms with Crippen LogP contribution in [0.3, 0.4) is 0 Å². The molecule has 4 heteroatoms. The minimum absolute atomic E-state index is 0.331. The van der Waals surface area contributed by atoms with Crippen molar-refractivity contribution < 1.29 is 9.53 Å². The van der Waals surface area contributed by atoms with Crippen molar-refractivity contribution >= 4 is 11.7 Å². The second-order valence-electron chi connectivity index (χ2n) is 4.28. The second-order valence-corrected chi connectivity index (χ2v) is 4.28. The summed E-state index contributed by atoms with van der Waals surface area (Å²) >= 11 is 0. The van der Waals surface area contributed by atoms with Crippen LogP contribution in [0.15, 0.2) is 24.3 Å². The van der Waals surface area contributed by atoms with E-state index in [1.54, 1.807) is 6.07 Å². The lowest BCUT2D eigenvalue weighted by atomic mass is 10.1. The van der Waals surface area contributed by atoms with E-state index in [4.69, 9.17) is 10.5 Å². The van der Waals surface area contributed by atoms with Crippen LogP contribution < -0.4 is 5.73 Å². The van der Waals surface area contributed by atoms with Crippen molar-refractivity contribution in [2.24, 2.45) is 0 Å². The van der Waals surface area contributed by atoms with Crippen LogP contribution in [0, 0.1) is 13.8 Å². The molecule has 4 nitrogen and oxygen atoms in total. The lowest BCUT2D eigenvalue weighted by Crippen LogP contribution is -2.00. The van der Waals surface area contributed by atoms with Gasteiger partial charge in [0.2, 0.25) is 0 Å². The number of carbonyl (C=O) groups excluding carboxylic acids is 1. The third kappa shape index (κ3) is 2.09. The molecule has 0 aliphatic carbocycles. The van der Waals surface area contributed by atoms with Gasteiger partial charge in [-0.1, -0.05) is 6.07 Å². The summed E-state index contributed by atoms with van der Waals surface area (Å²) in [6.45, 7) is 3.80. The minimum Gasteiger partial charge on any atom is -0.465 e. The lowest BCUT2D eigenvalue weighted by molar-refractivity contribution is 0.0600. The van der Waals surface area contributed by atoms with Crippen LogP contribution in [0.25, 0.3) is 11.3 Å². The maximum Gasteiger partial charge on any atom is 0.339 e. The number of hydrogen-bond donors (Lipinski definition) is 2. The normalized spacial score (nSPS) is 10.4. The number of aryl methyl sites for hydroxylation is 2. The fourth-order valence-corrected chi connectivity index (χ4v) is 1.88. The number of ether oxygens (including phenoxy) is 1. The standard InChI is InChI=1S/C14H16N2O2/c1-8-6-10(4-5-12(8)15)13-7-11(9(2)16-13)14(17)18-3/h4-7,16H,15H2,1-3H3. The predicted octanol–water partition coefficient (Wildman–Crippen LogP) is 2.67. The number of nitrogen functional groups attached to an aromatic ring is 1. The molecule has 0 bridgehead atoms. The summed E-state index contributed by atoms with van der Waals surface area (Å²) in [4.78, 5) is 14.7. The number of nitrogens with two attached hydrogens (primary N) is 1. The monoisotopic (exact) mass is 244 g/mol. The van der Waals surface area contributed by atoms with Crippen LogP contribution in [0.5, 0.6) is 0 Å². The van der Waals surface area contributed by atoms with Gasteiger partial charge < -0.3 is 15.5 Å². The molecule has 0 unspecified atom stereocenters. The minimum atomic E-state index is -0.331. The molecule has 0 atom stereocenters. The average Bonchev–Trinajstić information content (AvgIpc) is 2.74. The molecular formula is C14H16N2O2. The molecule has 3 N–H and O–H groups in total. The van der Waals surface area contributed by atoms with E-state index in [2.05, 4.69) is 4.98 Å². The first-order valence-electron chi connectivity index (χ1n) is 5.67. The van der Waals surface area contributed by atoms with Crippen molar-refractivity contribution in [3.05, 3.63) is 41.1 Å². The van der Waals surface area contributed by atoms with Gasteiger partial charge in [-0.25, -0.2) is 4.79 Å². The Bertz CT molecular complexity index is 600. The van der Waals surface area contributed by atoms with Crippen LogP contribution in [-0.4, -0.2) is 18.1 Å². The van der Waals surface area contributed by atoms with Gasteiger partial charge in [0.1, 0.15) is 0 Å². The SMILES string of the molecule is COC(=O)c1cc(-c2ccc(N)c(C)c2)[nH]c1C. The number of H-pyrrole nitrogens is 1. The van der Waals surface area contributed by atoms with Crippen molar-refractivity contribution in [3.63, 3.8) is 0 Å². The summed E-state index contributed by atoms with van der Waals surface area (Å²) in [6.07, 6.45) is 0. The number of benzene rings is 1. The molecule has 0 amide bonds. The Balaban J connectivity index is 2.45. The molecule has 0 aliphatic rings. The Morgan fingerprint density at radius 3 is 2.61 bits per heavy atom. The molecule has 0 aliphatic heterocycles. The van der Waals surface area contributed by atoms with Gasteiger partial charge in [0.05, 0.1) is 12.7 Å². The third-order valence-electron chi connectivity index (χ3n) is 3.00. The topological polar surface area (TPSA) is 68.1 Å². The molecule has 0 fully saturated rings. The molecule has 94 valence electrons. The van der Waals surface area contributed by atoms with Gasteiger partial charge in [0.15, 0.2) is 0 Å². The molecule has 1 aromatic carbocycles. The number of aromatic nitrogens is 1. The van der Waals surface area contributed by atoms with Crippen LogP contribution in [0.1, 0.15) is 21.6 Å². The first-order chi connectivity index (χ1) is 8.52. The number of methoxy groups -OCH3 is 1. The van der Waals surface area contributed by atoms with Gasteiger partial charge in [-0.05, 0) is 43.2 Å². The van der Waals surface area contributed by atoms with E-state index in [9.17, 15) is 4.79 Å². The molecule has 2 aromatic rings. The Labute approximate surface area is 106 Å². The first-order valence-corrected chi connectivity index (χ1v) is 5.67. The number of hydrogen-bond acceptors (Lipinski definition) is 3. The van der Waals surface area contributed by atoms with Crippen molar-refractivity contribution in [2.75, 3.05) is 12.8 Å². The summed E-state index contributed by atoms with van der Waals surface area (Å²) in [5.74, 6) is -0.331. The van der Waals surface area contributed by atoms with E-state index in [1.807, 2.05) is 32.0 Å². The molecule has 0 spiro atoms. The zero-order chi connectivity index (χ0) is 13.3. The Morgan fingerprint density at radius 1 is 1.28 bits per heavy atom. The van der Waals surface area contributed by atoms with Crippen molar-refractivity contribution in [2.45, 2.75) is 13.8 Å². The van der Waals surface area contributed by atoms with Crippen molar-refractivity contribution in [1.29, 1.82) is 0 Å². The Kier molecular flexibility index (Phi) is 3.10. The summed E-state index contributed by atoms with van der Waals surface area (Å²) in [7, 11) is 1.38. The van der Waals surface area contributed by atoms with Crippen LogP contribution in [-0.2, 0) is 4.74 Å². The van der Waals surface area contributed by atoms with Crippen LogP contribution in [0.2, 0.25) is 0 Å². The molecular weight excluding hydrogens is 228 g/mol. The summed E-state index contributed by atoms with van der Waals surface area (Å²) < 4.78 is 4.73. The predicted molar refractivity (Wildman–Crippen MR) is 71.5 cm³/mol. The number of carbonyl (C=O) groups is 1. The Morgan fingerprint density at radius 2 is 2.00 bits per heavy atom. The summed E-state index contributed by atoms with van der Waals surface area (Å²) in [6, 6.07) is 7.57. The van der Waals surface area contributed by atoms with Gasteiger partial charge >= 0.3 is 5.97 Å². The molecule has 18 heavy (non-hydrogen) atoms. The molecule has 0 saturated carbocycles. The maximum absolute atomic E-state index is 11.5. The molecule has 1 aromatic heterocycles.